The first-order valence-corrected chi connectivity index (χ1v) is 9.41. The number of nitrogens with one attached hydrogen (secondary N) is 2. The lowest BCUT2D eigenvalue weighted by Gasteiger charge is -2.27. The molecule has 0 saturated heterocycles. The van der Waals surface area contributed by atoms with Gasteiger partial charge in [0, 0.05) is 24.7 Å². The van der Waals surface area contributed by atoms with Gasteiger partial charge in [0.2, 0.25) is 10.0 Å². The molecule has 128 valence electrons. The highest BCUT2D eigenvalue weighted by Gasteiger charge is 2.23. The number of fused-ring (bicyclic) bond motifs is 1. The predicted octanol–water partition coefficient (Wildman–Crippen LogP) is 2.09. The van der Waals surface area contributed by atoms with Crippen LogP contribution in [0.25, 0.3) is 0 Å². The molecule has 3 rings (SSSR count). The van der Waals surface area contributed by atoms with Crippen LogP contribution in [-0.4, -0.2) is 30.9 Å². The highest BCUT2D eigenvalue weighted by molar-refractivity contribution is 7.92. The van der Waals surface area contributed by atoms with Gasteiger partial charge in [0.1, 0.15) is 0 Å². The zero-order chi connectivity index (χ0) is 17.3. The molecule has 24 heavy (non-hydrogen) atoms. The Labute approximate surface area is 141 Å². The zero-order valence-corrected chi connectivity index (χ0v) is 14.1. The number of rotatable bonds is 4. The van der Waals surface area contributed by atoms with E-state index in [9.17, 15) is 18.6 Å². The van der Waals surface area contributed by atoms with Crippen LogP contribution in [0.4, 0.5) is 5.69 Å². The predicted molar refractivity (Wildman–Crippen MR) is 92.8 cm³/mol. The topological polar surface area (TPSA) is 98.7 Å². The number of anilines is 1. The SMILES string of the molecule is CCS(=O)(=O)Nc1ccc2c(c1)CNCC2c1ccc(O)c(O)c1. The Morgan fingerprint density at radius 1 is 1.17 bits per heavy atom. The molecule has 0 aliphatic carbocycles. The summed E-state index contributed by atoms with van der Waals surface area (Å²) in [6.07, 6.45) is 0. The molecule has 1 unspecified atom stereocenters. The average Bonchev–Trinajstić information content (AvgIpc) is 2.56. The number of hydrogen-bond acceptors (Lipinski definition) is 5. The fourth-order valence-electron chi connectivity index (χ4n) is 2.93. The van der Waals surface area contributed by atoms with E-state index in [0.717, 1.165) is 16.7 Å². The lowest BCUT2D eigenvalue weighted by Crippen LogP contribution is -2.29. The fourth-order valence-corrected chi connectivity index (χ4v) is 3.56. The number of sulfonamides is 1. The van der Waals surface area contributed by atoms with Crippen molar-refractivity contribution in [1.29, 1.82) is 0 Å². The summed E-state index contributed by atoms with van der Waals surface area (Å²) in [5.74, 6) is -0.242. The second kappa shape index (κ2) is 6.33. The highest BCUT2D eigenvalue weighted by atomic mass is 32.2. The van der Waals surface area contributed by atoms with Crippen molar-refractivity contribution in [3.63, 3.8) is 0 Å². The van der Waals surface area contributed by atoms with E-state index in [1.165, 1.54) is 6.07 Å². The van der Waals surface area contributed by atoms with E-state index in [2.05, 4.69) is 10.0 Å². The van der Waals surface area contributed by atoms with E-state index in [0.29, 0.717) is 18.8 Å². The van der Waals surface area contributed by atoms with E-state index in [1.807, 2.05) is 12.1 Å². The number of hydrogen-bond donors (Lipinski definition) is 4. The Hall–Kier alpha value is -2.25. The summed E-state index contributed by atoms with van der Waals surface area (Å²) in [6, 6.07) is 10.3. The van der Waals surface area contributed by atoms with Gasteiger partial charge in [-0.3, -0.25) is 4.72 Å². The minimum atomic E-state index is -3.31. The van der Waals surface area contributed by atoms with Crippen molar-refractivity contribution < 1.29 is 18.6 Å². The number of phenols is 2. The van der Waals surface area contributed by atoms with Crippen LogP contribution in [0.5, 0.6) is 11.5 Å². The van der Waals surface area contributed by atoms with E-state index in [4.69, 9.17) is 0 Å². The standard InChI is InChI=1S/C17H20N2O4S/c1-2-24(22,23)19-13-4-5-14-12(7-13)9-18-10-15(14)11-3-6-16(20)17(21)8-11/h3-8,15,18-21H,2,9-10H2,1H3. The summed E-state index contributed by atoms with van der Waals surface area (Å²) in [6.45, 7) is 2.95. The molecule has 0 radical (unpaired) electrons. The molecular weight excluding hydrogens is 328 g/mol. The zero-order valence-electron chi connectivity index (χ0n) is 13.3. The molecule has 1 aliphatic heterocycles. The van der Waals surface area contributed by atoms with Crippen LogP contribution in [0.3, 0.4) is 0 Å². The first-order chi connectivity index (χ1) is 11.4. The third-order valence-corrected chi connectivity index (χ3v) is 5.54. The van der Waals surface area contributed by atoms with Gasteiger partial charge in [-0.05, 0) is 47.9 Å². The summed E-state index contributed by atoms with van der Waals surface area (Å²) in [7, 11) is -3.31. The lowest BCUT2D eigenvalue weighted by atomic mass is 9.85. The van der Waals surface area contributed by atoms with Crippen LogP contribution in [0.15, 0.2) is 36.4 Å². The highest BCUT2D eigenvalue weighted by Crippen LogP contribution is 2.35. The monoisotopic (exact) mass is 348 g/mol. The van der Waals surface area contributed by atoms with Gasteiger partial charge in [-0.2, -0.15) is 0 Å². The molecule has 0 fully saturated rings. The van der Waals surface area contributed by atoms with E-state index in [1.54, 1.807) is 25.1 Å². The van der Waals surface area contributed by atoms with Gasteiger partial charge in [0.05, 0.1) is 5.75 Å². The minimum Gasteiger partial charge on any atom is -0.504 e. The third kappa shape index (κ3) is 3.32. The van der Waals surface area contributed by atoms with Gasteiger partial charge < -0.3 is 15.5 Å². The lowest BCUT2D eigenvalue weighted by molar-refractivity contribution is 0.402. The maximum Gasteiger partial charge on any atom is 0.232 e. The Kier molecular flexibility index (Phi) is 4.38. The maximum atomic E-state index is 11.7. The van der Waals surface area contributed by atoms with Gasteiger partial charge in [0.15, 0.2) is 11.5 Å². The maximum absolute atomic E-state index is 11.7. The van der Waals surface area contributed by atoms with E-state index in [-0.39, 0.29) is 23.2 Å². The summed E-state index contributed by atoms with van der Waals surface area (Å²) < 4.78 is 26.0. The van der Waals surface area contributed by atoms with Crippen molar-refractivity contribution in [2.45, 2.75) is 19.4 Å². The summed E-state index contributed by atoms with van der Waals surface area (Å²) in [5, 5.41) is 22.5. The Balaban J connectivity index is 1.95. The van der Waals surface area contributed by atoms with E-state index < -0.39 is 10.0 Å². The number of phenolic OH excluding ortho intramolecular Hbond substituents is 2. The van der Waals surface area contributed by atoms with Crippen LogP contribution in [0.2, 0.25) is 0 Å². The Morgan fingerprint density at radius 3 is 2.67 bits per heavy atom. The van der Waals surface area contributed by atoms with Crippen molar-refractivity contribution in [3.05, 3.63) is 53.1 Å². The molecule has 1 aliphatic rings. The van der Waals surface area contributed by atoms with Gasteiger partial charge in [-0.25, -0.2) is 8.42 Å². The number of benzene rings is 2. The molecule has 1 atom stereocenters. The van der Waals surface area contributed by atoms with Gasteiger partial charge >= 0.3 is 0 Å². The third-order valence-electron chi connectivity index (χ3n) is 4.24. The molecule has 2 aromatic carbocycles. The average molecular weight is 348 g/mol. The largest absolute Gasteiger partial charge is 0.504 e. The first-order valence-electron chi connectivity index (χ1n) is 7.75. The van der Waals surface area contributed by atoms with Gasteiger partial charge in [-0.15, -0.1) is 0 Å². The second-order valence-electron chi connectivity index (χ2n) is 5.85. The molecule has 0 amide bonds. The Morgan fingerprint density at radius 2 is 1.96 bits per heavy atom. The molecule has 2 aromatic rings. The summed E-state index contributed by atoms with van der Waals surface area (Å²) >= 11 is 0. The normalized spacial score (nSPS) is 17.3. The van der Waals surface area contributed by atoms with Crippen molar-refractivity contribution in [2.75, 3.05) is 17.0 Å². The fraction of sp³-hybridized carbons (Fsp3) is 0.294. The van der Waals surface area contributed by atoms with Crippen LogP contribution in [-0.2, 0) is 16.6 Å². The molecule has 0 aromatic heterocycles. The summed E-state index contributed by atoms with van der Waals surface area (Å²) in [4.78, 5) is 0. The van der Waals surface area contributed by atoms with Crippen molar-refractivity contribution in [3.8, 4) is 11.5 Å². The molecule has 0 saturated carbocycles. The van der Waals surface area contributed by atoms with Crippen LogP contribution >= 0.6 is 0 Å². The van der Waals surface area contributed by atoms with Crippen LogP contribution < -0.4 is 10.0 Å². The quantitative estimate of drug-likeness (QED) is 0.634. The van der Waals surface area contributed by atoms with Gasteiger partial charge in [-0.1, -0.05) is 12.1 Å². The second-order valence-corrected chi connectivity index (χ2v) is 7.86. The van der Waals surface area contributed by atoms with Crippen LogP contribution in [0.1, 0.15) is 29.5 Å². The minimum absolute atomic E-state index is 0.0251. The number of aromatic hydroxyl groups is 2. The van der Waals surface area contributed by atoms with E-state index >= 15 is 0 Å². The molecule has 7 heteroatoms. The molecule has 6 nitrogen and oxygen atoms in total. The smallest absolute Gasteiger partial charge is 0.232 e. The van der Waals surface area contributed by atoms with Crippen molar-refractivity contribution >= 4 is 15.7 Å². The summed E-state index contributed by atoms with van der Waals surface area (Å²) in [5.41, 5.74) is 3.53. The van der Waals surface area contributed by atoms with Gasteiger partial charge in [0.25, 0.3) is 0 Å². The van der Waals surface area contributed by atoms with Crippen molar-refractivity contribution in [1.82, 2.24) is 5.32 Å². The molecule has 0 bridgehead atoms. The van der Waals surface area contributed by atoms with Crippen LogP contribution in [0, 0.1) is 0 Å². The molecule has 4 N–H and O–H groups in total. The van der Waals surface area contributed by atoms with Crippen molar-refractivity contribution in [2.24, 2.45) is 0 Å². The molecular formula is C17H20N2O4S. The Bertz CT molecular complexity index is 865. The molecule has 1 heterocycles. The molecule has 0 spiro atoms. The first kappa shape index (κ1) is 16.6.